The van der Waals surface area contributed by atoms with Crippen LogP contribution in [0.2, 0.25) is 0 Å². The van der Waals surface area contributed by atoms with Crippen molar-refractivity contribution in [3.05, 3.63) is 10.7 Å². The lowest BCUT2D eigenvalue weighted by atomic mass is 10.5. The summed E-state index contributed by atoms with van der Waals surface area (Å²) in [6.07, 6.45) is 1.54. The summed E-state index contributed by atoms with van der Waals surface area (Å²) in [6, 6.07) is -0.267. The fourth-order valence-electron chi connectivity index (χ4n) is 1.04. The predicted octanol–water partition coefficient (Wildman–Crippen LogP) is 0.643. The molecule has 0 bridgehead atoms. The standard InChI is InChI=1S/C9H12BrNO4/c1-3-15-8(12)6(10)4-11-5-7(11)9(13)14-2/h4,7H,3,5H2,1-2H3/b6-4-. The fourth-order valence-corrected chi connectivity index (χ4v) is 1.42. The molecule has 0 saturated carbocycles. The van der Waals surface area contributed by atoms with Gasteiger partial charge in [-0.25, -0.2) is 9.59 Å². The highest BCUT2D eigenvalue weighted by molar-refractivity contribution is 9.12. The van der Waals surface area contributed by atoms with Gasteiger partial charge in [0.1, 0.15) is 10.5 Å². The van der Waals surface area contributed by atoms with Gasteiger partial charge in [0.25, 0.3) is 0 Å². The summed E-state index contributed by atoms with van der Waals surface area (Å²) in [7, 11) is 1.34. The van der Waals surface area contributed by atoms with Gasteiger partial charge in [0.2, 0.25) is 0 Å². The molecule has 0 spiro atoms. The van der Waals surface area contributed by atoms with Crippen molar-refractivity contribution in [2.75, 3.05) is 20.3 Å². The zero-order valence-electron chi connectivity index (χ0n) is 8.53. The monoisotopic (exact) mass is 277 g/mol. The van der Waals surface area contributed by atoms with Gasteiger partial charge < -0.3 is 14.4 Å². The molecule has 1 heterocycles. The average molecular weight is 278 g/mol. The Morgan fingerprint density at radius 3 is 2.80 bits per heavy atom. The molecule has 1 atom stereocenters. The van der Waals surface area contributed by atoms with E-state index in [2.05, 4.69) is 20.7 Å². The molecule has 1 aliphatic rings. The second kappa shape index (κ2) is 5.16. The molecule has 1 aliphatic heterocycles. The fraction of sp³-hybridized carbons (Fsp3) is 0.556. The molecule has 0 aromatic rings. The van der Waals surface area contributed by atoms with Crippen LogP contribution in [-0.2, 0) is 19.1 Å². The minimum Gasteiger partial charge on any atom is -0.467 e. The summed E-state index contributed by atoms with van der Waals surface area (Å²) in [6.45, 7) is 2.62. The summed E-state index contributed by atoms with van der Waals surface area (Å²) >= 11 is 3.08. The Kier molecular flexibility index (Phi) is 4.14. The Labute approximate surface area is 96.1 Å². The lowest BCUT2D eigenvalue weighted by molar-refractivity contribution is -0.141. The van der Waals surface area contributed by atoms with Crippen LogP contribution in [0.25, 0.3) is 0 Å². The topological polar surface area (TPSA) is 55.6 Å². The summed E-state index contributed by atoms with van der Waals surface area (Å²) in [5.74, 6) is -0.733. The number of ether oxygens (including phenoxy) is 2. The van der Waals surface area contributed by atoms with Gasteiger partial charge in [-0.05, 0) is 22.9 Å². The van der Waals surface area contributed by atoms with Crippen molar-refractivity contribution in [1.29, 1.82) is 0 Å². The third-order valence-electron chi connectivity index (χ3n) is 1.87. The van der Waals surface area contributed by atoms with Gasteiger partial charge in [0.15, 0.2) is 0 Å². The van der Waals surface area contributed by atoms with E-state index in [-0.39, 0.29) is 12.0 Å². The first kappa shape index (κ1) is 12.0. The summed E-state index contributed by atoms with van der Waals surface area (Å²) < 4.78 is 9.61. The van der Waals surface area contributed by atoms with Crippen molar-refractivity contribution in [1.82, 2.24) is 4.90 Å². The second-order valence-corrected chi connectivity index (χ2v) is 3.79. The minimum atomic E-state index is -0.437. The molecule has 0 aromatic carbocycles. The molecule has 0 amide bonds. The maximum absolute atomic E-state index is 11.2. The van der Waals surface area contributed by atoms with Crippen LogP contribution in [0.4, 0.5) is 0 Å². The van der Waals surface area contributed by atoms with E-state index in [1.54, 1.807) is 18.0 Å². The van der Waals surface area contributed by atoms with Crippen LogP contribution in [0.5, 0.6) is 0 Å². The number of nitrogens with zero attached hydrogens (tertiary/aromatic N) is 1. The van der Waals surface area contributed by atoms with E-state index in [1.807, 2.05) is 0 Å². The van der Waals surface area contributed by atoms with Crippen LogP contribution in [0, 0.1) is 0 Å². The average Bonchev–Trinajstić information content (AvgIpc) is 2.96. The molecular formula is C9H12BrNO4. The van der Waals surface area contributed by atoms with E-state index in [4.69, 9.17) is 4.74 Å². The summed E-state index contributed by atoms with van der Waals surface area (Å²) in [5.41, 5.74) is 0. The number of halogens is 1. The van der Waals surface area contributed by atoms with Gasteiger partial charge in [-0.3, -0.25) is 0 Å². The van der Waals surface area contributed by atoms with Gasteiger partial charge in [-0.15, -0.1) is 0 Å². The summed E-state index contributed by atoms with van der Waals surface area (Å²) in [4.78, 5) is 23.9. The van der Waals surface area contributed by atoms with E-state index in [9.17, 15) is 9.59 Å². The summed E-state index contributed by atoms with van der Waals surface area (Å²) in [5, 5.41) is 0. The first-order valence-electron chi connectivity index (χ1n) is 4.48. The van der Waals surface area contributed by atoms with Crippen molar-refractivity contribution in [2.45, 2.75) is 13.0 Å². The molecule has 5 nitrogen and oxygen atoms in total. The molecular weight excluding hydrogens is 266 g/mol. The van der Waals surface area contributed by atoms with Crippen LogP contribution >= 0.6 is 15.9 Å². The van der Waals surface area contributed by atoms with Gasteiger partial charge in [-0.2, -0.15) is 0 Å². The second-order valence-electron chi connectivity index (χ2n) is 2.93. The highest BCUT2D eigenvalue weighted by Crippen LogP contribution is 2.22. The number of methoxy groups -OCH3 is 1. The molecule has 1 saturated heterocycles. The zero-order valence-corrected chi connectivity index (χ0v) is 10.1. The van der Waals surface area contributed by atoms with Crippen molar-refractivity contribution in [3.8, 4) is 0 Å². The molecule has 1 unspecified atom stereocenters. The quantitative estimate of drug-likeness (QED) is 0.429. The van der Waals surface area contributed by atoms with Crippen LogP contribution in [0.3, 0.4) is 0 Å². The first-order valence-corrected chi connectivity index (χ1v) is 5.27. The number of carbonyl (C=O) groups is 2. The highest BCUT2D eigenvalue weighted by atomic mass is 79.9. The van der Waals surface area contributed by atoms with Gasteiger partial charge in [0, 0.05) is 12.7 Å². The molecule has 1 fully saturated rings. The molecule has 84 valence electrons. The predicted molar refractivity (Wildman–Crippen MR) is 56.2 cm³/mol. The molecule has 6 heteroatoms. The molecule has 0 aliphatic carbocycles. The Hall–Kier alpha value is -1.04. The van der Waals surface area contributed by atoms with E-state index >= 15 is 0 Å². The number of hydrogen-bond acceptors (Lipinski definition) is 5. The maximum Gasteiger partial charge on any atom is 0.346 e. The third-order valence-corrected chi connectivity index (χ3v) is 2.40. The SMILES string of the molecule is CCOC(=O)/C(Br)=C/N1CC1C(=O)OC. The van der Waals surface area contributed by atoms with E-state index in [0.29, 0.717) is 17.6 Å². The number of carbonyl (C=O) groups excluding carboxylic acids is 2. The third kappa shape index (κ3) is 3.23. The Morgan fingerprint density at radius 2 is 2.27 bits per heavy atom. The van der Waals surface area contributed by atoms with Crippen molar-refractivity contribution in [3.63, 3.8) is 0 Å². The molecule has 1 rings (SSSR count). The first-order chi connectivity index (χ1) is 7.10. The molecule has 15 heavy (non-hydrogen) atoms. The normalized spacial score (nSPS) is 19.8. The lowest BCUT2D eigenvalue weighted by Crippen LogP contribution is -2.12. The van der Waals surface area contributed by atoms with Crippen molar-refractivity contribution in [2.24, 2.45) is 0 Å². The van der Waals surface area contributed by atoms with Gasteiger partial charge >= 0.3 is 11.9 Å². The smallest absolute Gasteiger partial charge is 0.346 e. The number of rotatable bonds is 4. The number of hydrogen-bond donors (Lipinski definition) is 0. The molecule has 0 N–H and O–H groups in total. The Morgan fingerprint density at radius 1 is 1.60 bits per heavy atom. The van der Waals surface area contributed by atoms with Crippen LogP contribution in [0.15, 0.2) is 10.7 Å². The van der Waals surface area contributed by atoms with Crippen LogP contribution < -0.4 is 0 Å². The maximum atomic E-state index is 11.2. The van der Waals surface area contributed by atoms with Crippen molar-refractivity contribution < 1.29 is 19.1 Å². The number of esters is 2. The van der Waals surface area contributed by atoms with Gasteiger partial charge in [-0.1, -0.05) is 0 Å². The molecule has 0 aromatic heterocycles. The Balaban J connectivity index is 2.45. The van der Waals surface area contributed by atoms with Gasteiger partial charge in [0.05, 0.1) is 13.7 Å². The van der Waals surface area contributed by atoms with Crippen LogP contribution in [-0.4, -0.2) is 43.1 Å². The minimum absolute atomic E-state index is 0.267. The largest absolute Gasteiger partial charge is 0.467 e. The van der Waals surface area contributed by atoms with Crippen molar-refractivity contribution >= 4 is 27.9 Å². The van der Waals surface area contributed by atoms with E-state index in [0.717, 1.165) is 0 Å². The molecule has 0 radical (unpaired) electrons. The lowest BCUT2D eigenvalue weighted by Gasteiger charge is -2.01. The van der Waals surface area contributed by atoms with E-state index < -0.39 is 5.97 Å². The van der Waals surface area contributed by atoms with E-state index in [1.165, 1.54) is 7.11 Å². The van der Waals surface area contributed by atoms with Crippen LogP contribution in [0.1, 0.15) is 6.92 Å². The zero-order chi connectivity index (χ0) is 11.4. The highest BCUT2D eigenvalue weighted by Gasteiger charge is 2.39. The Bertz CT molecular complexity index is 302.